The van der Waals surface area contributed by atoms with Crippen LogP contribution in [-0.4, -0.2) is 31.3 Å². The molecule has 0 atom stereocenters. The predicted octanol–water partition coefficient (Wildman–Crippen LogP) is 5.23. The summed E-state index contributed by atoms with van der Waals surface area (Å²) in [6, 6.07) is 11.0. The molecule has 0 aromatic heterocycles. The van der Waals surface area contributed by atoms with Gasteiger partial charge in [-0.2, -0.15) is 0 Å². The molecule has 31 heavy (non-hydrogen) atoms. The van der Waals surface area contributed by atoms with Crippen LogP contribution in [0.3, 0.4) is 0 Å². The van der Waals surface area contributed by atoms with Crippen molar-refractivity contribution < 1.29 is 19.0 Å². The van der Waals surface area contributed by atoms with E-state index in [1.807, 2.05) is 24.3 Å². The van der Waals surface area contributed by atoms with Gasteiger partial charge in [-0.15, -0.1) is 0 Å². The van der Waals surface area contributed by atoms with Crippen LogP contribution in [-0.2, 0) is 6.54 Å². The standard InChI is InChI=1S/C23H29BrN2O4S/c1-4-6-12-30-19-10-8-17(24)14-18(19)22(27)26-23(31)25-15-16-7-9-20(29-11-5-2)21(13-16)28-3/h7-10,13-14H,4-6,11-12,15H2,1-3H3,(H2,25,26,27,31). The number of halogens is 1. The Kier molecular flexibility index (Phi) is 10.6. The zero-order chi connectivity index (χ0) is 22.6. The quantitative estimate of drug-likeness (QED) is 0.320. The van der Waals surface area contributed by atoms with E-state index in [1.54, 1.807) is 19.2 Å². The molecular weight excluding hydrogens is 480 g/mol. The van der Waals surface area contributed by atoms with Gasteiger partial charge in [0.25, 0.3) is 5.91 Å². The number of rotatable bonds is 11. The van der Waals surface area contributed by atoms with Crippen molar-refractivity contribution in [3.8, 4) is 17.2 Å². The third-order valence-electron chi connectivity index (χ3n) is 4.31. The molecular formula is C23H29BrN2O4S. The van der Waals surface area contributed by atoms with E-state index in [0.717, 1.165) is 29.3 Å². The van der Waals surface area contributed by atoms with Gasteiger partial charge in [0.15, 0.2) is 16.6 Å². The fraction of sp³-hybridized carbons (Fsp3) is 0.391. The van der Waals surface area contributed by atoms with Gasteiger partial charge in [-0.3, -0.25) is 10.1 Å². The number of hydrogen-bond acceptors (Lipinski definition) is 5. The first-order valence-electron chi connectivity index (χ1n) is 10.3. The second kappa shape index (κ2) is 13.2. The summed E-state index contributed by atoms with van der Waals surface area (Å²) in [5, 5.41) is 6.00. The van der Waals surface area contributed by atoms with Gasteiger partial charge in [0.2, 0.25) is 0 Å². The van der Waals surface area contributed by atoms with Crippen LogP contribution in [0.1, 0.15) is 49.0 Å². The van der Waals surface area contributed by atoms with Crippen molar-refractivity contribution in [2.45, 2.75) is 39.7 Å². The molecule has 2 aromatic rings. The highest BCUT2D eigenvalue weighted by Gasteiger charge is 2.15. The topological polar surface area (TPSA) is 68.8 Å². The minimum absolute atomic E-state index is 0.231. The number of carbonyl (C=O) groups is 1. The molecule has 1 amide bonds. The molecule has 0 fully saturated rings. The van der Waals surface area contributed by atoms with Crippen LogP contribution in [0.15, 0.2) is 40.9 Å². The van der Waals surface area contributed by atoms with Gasteiger partial charge < -0.3 is 19.5 Å². The lowest BCUT2D eigenvalue weighted by Gasteiger charge is -2.14. The van der Waals surface area contributed by atoms with Crippen molar-refractivity contribution in [1.29, 1.82) is 0 Å². The van der Waals surface area contributed by atoms with E-state index < -0.39 is 0 Å². The van der Waals surface area contributed by atoms with Crippen LogP contribution < -0.4 is 24.8 Å². The Morgan fingerprint density at radius 1 is 1.00 bits per heavy atom. The molecule has 0 saturated carbocycles. The summed E-state index contributed by atoms with van der Waals surface area (Å²) in [5.74, 6) is 1.57. The van der Waals surface area contributed by atoms with Gasteiger partial charge in [0, 0.05) is 11.0 Å². The Morgan fingerprint density at radius 3 is 2.45 bits per heavy atom. The fourth-order valence-electron chi connectivity index (χ4n) is 2.68. The Hall–Kier alpha value is -2.32. The van der Waals surface area contributed by atoms with Gasteiger partial charge in [-0.25, -0.2) is 0 Å². The maximum atomic E-state index is 12.7. The average Bonchev–Trinajstić information content (AvgIpc) is 2.77. The molecule has 2 aromatic carbocycles. The SMILES string of the molecule is CCCCOc1ccc(Br)cc1C(=O)NC(=S)NCc1ccc(OCCC)c(OC)c1. The molecule has 2 N–H and O–H groups in total. The Morgan fingerprint density at radius 2 is 1.74 bits per heavy atom. The average molecular weight is 509 g/mol. The molecule has 0 heterocycles. The molecule has 0 saturated heterocycles. The van der Waals surface area contributed by atoms with E-state index in [0.29, 0.717) is 42.6 Å². The van der Waals surface area contributed by atoms with Crippen LogP contribution in [0, 0.1) is 0 Å². The number of amides is 1. The predicted molar refractivity (Wildman–Crippen MR) is 130 cm³/mol. The van der Waals surface area contributed by atoms with E-state index in [1.165, 1.54) is 0 Å². The zero-order valence-electron chi connectivity index (χ0n) is 18.1. The number of nitrogens with one attached hydrogen (secondary N) is 2. The lowest BCUT2D eigenvalue weighted by Crippen LogP contribution is -2.39. The fourth-order valence-corrected chi connectivity index (χ4v) is 3.21. The van der Waals surface area contributed by atoms with Crippen molar-refractivity contribution in [2.24, 2.45) is 0 Å². The maximum Gasteiger partial charge on any atom is 0.261 e. The highest BCUT2D eigenvalue weighted by Crippen LogP contribution is 2.28. The summed E-state index contributed by atoms with van der Waals surface area (Å²) in [5.41, 5.74) is 1.37. The molecule has 0 aliphatic carbocycles. The summed E-state index contributed by atoms with van der Waals surface area (Å²) in [6.45, 7) is 5.76. The summed E-state index contributed by atoms with van der Waals surface area (Å²) in [4.78, 5) is 12.7. The molecule has 0 spiro atoms. The second-order valence-electron chi connectivity index (χ2n) is 6.81. The number of benzene rings is 2. The Bertz CT molecular complexity index is 892. The van der Waals surface area contributed by atoms with Crippen molar-refractivity contribution in [2.75, 3.05) is 20.3 Å². The van der Waals surface area contributed by atoms with E-state index in [2.05, 4.69) is 40.4 Å². The van der Waals surface area contributed by atoms with Crippen LogP contribution in [0.25, 0.3) is 0 Å². The largest absolute Gasteiger partial charge is 0.493 e. The summed E-state index contributed by atoms with van der Waals surface area (Å²) < 4.78 is 17.6. The first-order valence-corrected chi connectivity index (χ1v) is 11.5. The lowest BCUT2D eigenvalue weighted by atomic mass is 10.2. The van der Waals surface area contributed by atoms with Crippen molar-refractivity contribution in [3.05, 3.63) is 52.0 Å². The lowest BCUT2D eigenvalue weighted by molar-refractivity contribution is 0.0972. The number of thiocarbonyl (C=S) groups is 1. The highest BCUT2D eigenvalue weighted by atomic mass is 79.9. The van der Waals surface area contributed by atoms with Gasteiger partial charge in [-0.05, 0) is 61.0 Å². The Labute approximate surface area is 197 Å². The molecule has 8 heteroatoms. The summed E-state index contributed by atoms with van der Waals surface area (Å²) in [7, 11) is 1.61. The molecule has 6 nitrogen and oxygen atoms in total. The highest BCUT2D eigenvalue weighted by molar-refractivity contribution is 9.10. The minimum atomic E-state index is -0.328. The molecule has 2 rings (SSSR count). The van der Waals surface area contributed by atoms with Crippen LogP contribution in [0.2, 0.25) is 0 Å². The second-order valence-corrected chi connectivity index (χ2v) is 8.14. The number of carbonyl (C=O) groups excluding carboxylic acids is 1. The third-order valence-corrected chi connectivity index (χ3v) is 5.05. The molecule has 0 aliphatic rings. The first kappa shape index (κ1) is 24.9. The number of ether oxygens (including phenoxy) is 3. The van der Waals surface area contributed by atoms with E-state index >= 15 is 0 Å². The van der Waals surface area contributed by atoms with Gasteiger partial charge in [0.1, 0.15) is 5.75 Å². The number of unbranched alkanes of at least 4 members (excludes halogenated alkanes) is 1. The van der Waals surface area contributed by atoms with E-state index in [-0.39, 0.29) is 11.0 Å². The van der Waals surface area contributed by atoms with Crippen LogP contribution in [0.5, 0.6) is 17.2 Å². The summed E-state index contributed by atoms with van der Waals surface area (Å²) in [6.07, 6.45) is 2.86. The zero-order valence-corrected chi connectivity index (χ0v) is 20.5. The van der Waals surface area contributed by atoms with Gasteiger partial charge in [-0.1, -0.05) is 42.3 Å². The maximum absolute atomic E-state index is 12.7. The normalized spacial score (nSPS) is 10.3. The van der Waals surface area contributed by atoms with Crippen molar-refractivity contribution >= 4 is 39.2 Å². The molecule has 168 valence electrons. The van der Waals surface area contributed by atoms with E-state index in [4.69, 9.17) is 26.4 Å². The van der Waals surface area contributed by atoms with Gasteiger partial charge >= 0.3 is 0 Å². The molecule has 0 unspecified atom stereocenters. The monoisotopic (exact) mass is 508 g/mol. The molecule has 0 aliphatic heterocycles. The van der Waals surface area contributed by atoms with Gasteiger partial charge in [0.05, 0.1) is 25.9 Å². The van der Waals surface area contributed by atoms with Crippen LogP contribution in [0.4, 0.5) is 0 Å². The molecule has 0 radical (unpaired) electrons. The Balaban J connectivity index is 1.97. The third kappa shape index (κ3) is 8.03. The van der Waals surface area contributed by atoms with Crippen molar-refractivity contribution in [3.63, 3.8) is 0 Å². The number of hydrogen-bond donors (Lipinski definition) is 2. The minimum Gasteiger partial charge on any atom is -0.493 e. The van der Waals surface area contributed by atoms with Crippen molar-refractivity contribution in [1.82, 2.24) is 10.6 Å². The number of methoxy groups -OCH3 is 1. The van der Waals surface area contributed by atoms with E-state index in [9.17, 15) is 4.79 Å². The van der Waals surface area contributed by atoms with Crippen LogP contribution >= 0.6 is 28.1 Å². The smallest absolute Gasteiger partial charge is 0.261 e. The molecule has 0 bridgehead atoms. The summed E-state index contributed by atoms with van der Waals surface area (Å²) >= 11 is 8.71. The first-order chi connectivity index (χ1) is 15.0.